The highest BCUT2D eigenvalue weighted by atomic mass is 19.4. The van der Waals surface area contributed by atoms with Gasteiger partial charge in [0.25, 0.3) is 0 Å². The van der Waals surface area contributed by atoms with Crippen LogP contribution in [0.5, 0.6) is 0 Å². The van der Waals surface area contributed by atoms with Crippen LogP contribution >= 0.6 is 0 Å². The van der Waals surface area contributed by atoms with Gasteiger partial charge in [0.05, 0.1) is 19.8 Å². The summed E-state index contributed by atoms with van der Waals surface area (Å²) in [6, 6.07) is 2.84. The van der Waals surface area contributed by atoms with E-state index in [-0.39, 0.29) is 25.6 Å². The molecule has 0 amide bonds. The lowest BCUT2D eigenvalue weighted by Gasteiger charge is -2.33. The summed E-state index contributed by atoms with van der Waals surface area (Å²) in [5, 5.41) is 4.74. The summed E-state index contributed by atoms with van der Waals surface area (Å²) in [6.07, 6.45) is -0.965. The van der Waals surface area contributed by atoms with Crippen molar-refractivity contribution in [1.82, 2.24) is 25.0 Å². The number of aromatic nitrogens is 4. The maximum Gasteiger partial charge on any atom is 0.401 e. The first-order chi connectivity index (χ1) is 12.0. The fraction of sp³-hybridized carbons (Fsp3) is 0.400. The Morgan fingerprint density at radius 3 is 3.04 bits per heavy atom. The average Bonchev–Trinajstić information content (AvgIpc) is 3.23. The van der Waals surface area contributed by atoms with Crippen molar-refractivity contribution in [3.8, 4) is 11.4 Å². The first-order valence-corrected chi connectivity index (χ1v) is 7.66. The molecule has 10 heteroatoms. The Labute approximate surface area is 139 Å². The van der Waals surface area contributed by atoms with E-state index in [0.29, 0.717) is 17.0 Å². The lowest BCUT2D eigenvalue weighted by Crippen LogP contribution is -2.44. The number of nitrogens with one attached hydrogen (secondary N) is 1. The van der Waals surface area contributed by atoms with Crippen molar-refractivity contribution in [2.45, 2.75) is 12.2 Å². The lowest BCUT2D eigenvalue weighted by atomic mass is 10.2. The first kappa shape index (κ1) is 16.0. The second-order valence-electron chi connectivity index (χ2n) is 5.73. The van der Waals surface area contributed by atoms with Crippen molar-refractivity contribution >= 4 is 11.0 Å². The highest BCUT2D eigenvalue weighted by Crippen LogP contribution is 2.30. The van der Waals surface area contributed by atoms with Gasteiger partial charge < -0.3 is 14.2 Å². The molecule has 7 nitrogen and oxygen atoms in total. The van der Waals surface area contributed by atoms with Gasteiger partial charge in [0, 0.05) is 29.9 Å². The number of alkyl halides is 3. The monoisotopic (exact) mass is 353 g/mol. The van der Waals surface area contributed by atoms with Gasteiger partial charge in [-0.2, -0.15) is 18.2 Å². The number of hydrogen-bond donors (Lipinski definition) is 1. The van der Waals surface area contributed by atoms with Gasteiger partial charge in [0.2, 0.25) is 11.7 Å². The predicted octanol–water partition coefficient (Wildman–Crippen LogP) is 2.55. The number of fused-ring (bicyclic) bond motifs is 1. The average molecular weight is 353 g/mol. The summed E-state index contributed by atoms with van der Waals surface area (Å²) in [7, 11) is 0. The number of hydrogen-bond acceptors (Lipinski definition) is 6. The van der Waals surface area contributed by atoms with Gasteiger partial charge >= 0.3 is 6.18 Å². The Balaban J connectivity index is 1.65. The topological polar surface area (TPSA) is 80.1 Å². The summed E-state index contributed by atoms with van der Waals surface area (Å²) >= 11 is 0. The summed E-state index contributed by atoms with van der Waals surface area (Å²) in [4.78, 5) is 12.7. The largest absolute Gasteiger partial charge is 0.401 e. The summed E-state index contributed by atoms with van der Waals surface area (Å²) in [6.45, 7) is -0.579. The smallest absolute Gasteiger partial charge is 0.378 e. The molecule has 1 aliphatic heterocycles. The number of ether oxygens (including phenoxy) is 1. The Morgan fingerprint density at radius 1 is 1.32 bits per heavy atom. The molecule has 1 N–H and O–H groups in total. The quantitative estimate of drug-likeness (QED) is 0.779. The summed E-state index contributed by atoms with van der Waals surface area (Å²) in [5.74, 6) is 0.416. The molecule has 4 rings (SSSR count). The van der Waals surface area contributed by atoms with E-state index >= 15 is 0 Å². The van der Waals surface area contributed by atoms with Gasteiger partial charge in [0.1, 0.15) is 11.7 Å². The van der Waals surface area contributed by atoms with Crippen LogP contribution in [0.25, 0.3) is 22.4 Å². The third-order valence-electron chi connectivity index (χ3n) is 4.05. The highest BCUT2D eigenvalue weighted by Gasteiger charge is 2.38. The molecular weight excluding hydrogens is 339 g/mol. The number of rotatable bonds is 3. The zero-order chi connectivity index (χ0) is 17.4. The zero-order valence-electron chi connectivity index (χ0n) is 13.0. The Morgan fingerprint density at radius 2 is 2.20 bits per heavy atom. The summed E-state index contributed by atoms with van der Waals surface area (Å²) in [5.41, 5.74) is 1.36. The number of morpholine rings is 1. The van der Waals surface area contributed by atoms with E-state index in [4.69, 9.17) is 9.26 Å². The maximum absolute atomic E-state index is 12.8. The van der Waals surface area contributed by atoms with Gasteiger partial charge in [-0.25, -0.2) is 4.98 Å². The van der Waals surface area contributed by atoms with E-state index in [0.717, 1.165) is 5.39 Å². The Kier molecular flexibility index (Phi) is 3.92. The fourth-order valence-electron chi connectivity index (χ4n) is 2.92. The van der Waals surface area contributed by atoms with Crippen LogP contribution in [0, 0.1) is 0 Å². The van der Waals surface area contributed by atoms with Crippen molar-refractivity contribution in [2.24, 2.45) is 0 Å². The van der Waals surface area contributed by atoms with E-state index in [9.17, 15) is 13.2 Å². The van der Waals surface area contributed by atoms with E-state index in [1.54, 1.807) is 18.5 Å². The van der Waals surface area contributed by atoms with E-state index in [2.05, 4.69) is 20.1 Å². The van der Waals surface area contributed by atoms with Crippen LogP contribution < -0.4 is 0 Å². The summed E-state index contributed by atoms with van der Waals surface area (Å²) < 4.78 is 48.9. The number of aromatic amines is 1. The third-order valence-corrected chi connectivity index (χ3v) is 4.05. The molecule has 0 bridgehead atoms. The molecule has 3 aromatic heterocycles. The van der Waals surface area contributed by atoms with Crippen molar-refractivity contribution in [2.75, 3.05) is 26.3 Å². The SMILES string of the molecule is FC(F)(F)CN1CCOCC1c1nc(-c2ccnc3[nH]ccc23)no1. The van der Waals surface area contributed by atoms with Crippen LogP contribution in [0.1, 0.15) is 11.9 Å². The molecule has 0 radical (unpaired) electrons. The van der Waals surface area contributed by atoms with Crippen LogP contribution in [0.2, 0.25) is 0 Å². The van der Waals surface area contributed by atoms with Crippen molar-refractivity contribution < 1.29 is 22.4 Å². The van der Waals surface area contributed by atoms with Crippen LogP contribution in [0.3, 0.4) is 0 Å². The normalized spacial score (nSPS) is 19.6. The van der Waals surface area contributed by atoms with Crippen LogP contribution in [0.4, 0.5) is 13.2 Å². The van der Waals surface area contributed by atoms with Gasteiger partial charge in [-0.15, -0.1) is 0 Å². The minimum absolute atomic E-state index is 0.0770. The maximum atomic E-state index is 12.8. The first-order valence-electron chi connectivity index (χ1n) is 7.66. The van der Waals surface area contributed by atoms with E-state index in [1.807, 2.05) is 6.07 Å². The Bertz CT molecular complexity index is 875. The molecular formula is C15H14F3N5O2. The molecule has 0 saturated carbocycles. The van der Waals surface area contributed by atoms with E-state index < -0.39 is 18.8 Å². The fourth-order valence-corrected chi connectivity index (χ4v) is 2.92. The minimum Gasteiger partial charge on any atom is -0.378 e. The van der Waals surface area contributed by atoms with Crippen molar-refractivity contribution in [3.05, 3.63) is 30.4 Å². The molecule has 0 aromatic carbocycles. The van der Waals surface area contributed by atoms with E-state index in [1.165, 1.54) is 4.90 Å². The minimum atomic E-state index is -4.30. The van der Waals surface area contributed by atoms with Crippen LogP contribution in [0.15, 0.2) is 29.0 Å². The van der Waals surface area contributed by atoms with Gasteiger partial charge in [-0.05, 0) is 12.1 Å². The van der Waals surface area contributed by atoms with Crippen molar-refractivity contribution in [1.29, 1.82) is 0 Å². The molecule has 1 fully saturated rings. The Hall–Kier alpha value is -2.46. The van der Waals surface area contributed by atoms with Crippen molar-refractivity contribution in [3.63, 3.8) is 0 Å². The second kappa shape index (κ2) is 6.12. The molecule has 25 heavy (non-hydrogen) atoms. The standard InChI is InChI=1S/C15H14F3N5O2/c16-15(17,18)8-23-5-6-24-7-11(23)14-21-13(22-25-14)10-2-4-20-12-9(10)1-3-19-12/h1-4,11H,5-8H2,(H,19,20). The van der Waals surface area contributed by atoms with Crippen LogP contribution in [-0.4, -0.2) is 57.5 Å². The molecule has 4 heterocycles. The zero-order valence-corrected chi connectivity index (χ0v) is 13.0. The molecule has 1 saturated heterocycles. The number of halogens is 3. The van der Waals surface area contributed by atoms with Crippen LogP contribution in [-0.2, 0) is 4.74 Å². The molecule has 132 valence electrons. The lowest BCUT2D eigenvalue weighted by molar-refractivity contribution is -0.164. The molecule has 1 unspecified atom stereocenters. The van der Waals surface area contributed by atoms with Gasteiger partial charge in [-0.1, -0.05) is 5.16 Å². The highest BCUT2D eigenvalue weighted by molar-refractivity contribution is 5.90. The number of H-pyrrole nitrogens is 1. The molecule has 1 aliphatic rings. The van der Waals surface area contributed by atoms with Gasteiger partial charge in [0.15, 0.2) is 0 Å². The van der Waals surface area contributed by atoms with Gasteiger partial charge in [-0.3, -0.25) is 4.90 Å². The molecule has 0 aliphatic carbocycles. The molecule has 0 spiro atoms. The number of nitrogens with zero attached hydrogens (tertiary/aromatic N) is 4. The second-order valence-corrected chi connectivity index (χ2v) is 5.73. The molecule has 3 aromatic rings. The molecule has 1 atom stereocenters. The predicted molar refractivity (Wildman–Crippen MR) is 80.6 cm³/mol. The third kappa shape index (κ3) is 3.22. The number of pyridine rings is 1.